The molecule has 1 saturated carbocycles. The monoisotopic (exact) mass is 253 g/mol. The summed E-state index contributed by atoms with van der Waals surface area (Å²) in [6.45, 7) is 3.77. The minimum atomic E-state index is -0.344. The van der Waals surface area contributed by atoms with E-state index in [4.69, 9.17) is 0 Å². The average Bonchev–Trinajstić information content (AvgIpc) is 2.60. The third-order valence-electron chi connectivity index (χ3n) is 3.91. The highest BCUT2D eigenvalue weighted by atomic mass is 16.2. The zero-order valence-electron chi connectivity index (χ0n) is 11.2. The SMILES string of the molecule is CN(CC1CCC1)C(=O)C(=O)N1CCCNCC1. The highest BCUT2D eigenvalue weighted by Gasteiger charge is 2.28. The lowest BCUT2D eigenvalue weighted by atomic mass is 9.85. The van der Waals surface area contributed by atoms with Crippen LogP contribution in [0.2, 0.25) is 0 Å². The fraction of sp³-hybridized carbons (Fsp3) is 0.846. The standard InChI is InChI=1S/C13H23N3O2/c1-15(10-11-4-2-5-11)12(17)13(18)16-8-3-6-14-7-9-16/h11,14H,2-10H2,1H3. The van der Waals surface area contributed by atoms with Gasteiger partial charge in [0, 0.05) is 33.2 Å². The molecule has 2 fully saturated rings. The van der Waals surface area contributed by atoms with Crippen LogP contribution in [-0.2, 0) is 9.59 Å². The van der Waals surface area contributed by atoms with E-state index in [9.17, 15) is 9.59 Å². The molecule has 5 heteroatoms. The molecule has 0 bridgehead atoms. The van der Waals surface area contributed by atoms with E-state index in [0.29, 0.717) is 19.0 Å². The fourth-order valence-electron chi connectivity index (χ4n) is 2.49. The Balaban J connectivity index is 1.83. The van der Waals surface area contributed by atoms with Crippen molar-refractivity contribution in [3.05, 3.63) is 0 Å². The van der Waals surface area contributed by atoms with Crippen molar-refractivity contribution in [3.8, 4) is 0 Å². The van der Waals surface area contributed by atoms with Crippen molar-refractivity contribution in [2.75, 3.05) is 39.8 Å². The number of hydrogen-bond acceptors (Lipinski definition) is 3. The topological polar surface area (TPSA) is 52.7 Å². The molecule has 2 aliphatic rings. The van der Waals surface area contributed by atoms with Crippen LogP contribution in [0.4, 0.5) is 0 Å². The second-order valence-electron chi connectivity index (χ2n) is 5.38. The van der Waals surface area contributed by atoms with Crippen LogP contribution in [0.1, 0.15) is 25.7 Å². The van der Waals surface area contributed by atoms with Gasteiger partial charge in [-0.1, -0.05) is 6.42 Å². The Morgan fingerprint density at radius 3 is 2.67 bits per heavy atom. The van der Waals surface area contributed by atoms with Gasteiger partial charge in [0.2, 0.25) is 0 Å². The van der Waals surface area contributed by atoms with Gasteiger partial charge in [-0.2, -0.15) is 0 Å². The van der Waals surface area contributed by atoms with E-state index in [1.165, 1.54) is 19.3 Å². The highest BCUT2D eigenvalue weighted by molar-refractivity contribution is 6.34. The number of amides is 2. The van der Waals surface area contributed by atoms with Crippen LogP contribution in [0.15, 0.2) is 0 Å². The summed E-state index contributed by atoms with van der Waals surface area (Å²) < 4.78 is 0. The first kappa shape index (κ1) is 13.3. The molecule has 0 radical (unpaired) electrons. The van der Waals surface area contributed by atoms with Crippen LogP contribution in [0.5, 0.6) is 0 Å². The van der Waals surface area contributed by atoms with Gasteiger partial charge in [0.05, 0.1) is 0 Å². The molecule has 5 nitrogen and oxygen atoms in total. The van der Waals surface area contributed by atoms with Gasteiger partial charge in [0.15, 0.2) is 0 Å². The van der Waals surface area contributed by atoms with E-state index < -0.39 is 0 Å². The molecule has 1 heterocycles. The normalized spacial score (nSPS) is 21.1. The molecule has 18 heavy (non-hydrogen) atoms. The summed E-state index contributed by atoms with van der Waals surface area (Å²) >= 11 is 0. The lowest BCUT2D eigenvalue weighted by Gasteiger charge is -2.30. The van der Waals surface area contributed by atoms with E-state index in [0.717, 1.165) is 26.1 Å². The van der Waals surface area contributed by atoms with E-state index in [1.807, 2.05) is 0 Å². The molecule has 2 rings (SSSR count). The number of nitrogens with zero attached hydrogens (tertiary/aromatic N) is 2. The number of hydrogen-bond donors (Lipinski definition) is 1. The maximum absolute atomic E-state index is 12.1. The summed E-state index contributed by atoms with van der Waals surface area (Å²) in [4.78, 5) is 27.4. The van der Waals surface area contributed by atoms with Crippen molar-refractivity contribution < 1.29 is 9.59 Å². The molecular weight excluding hydrogens is 230 g/mol. The minimum absolute atomic E-state index is 0.333. The summed E-state index contributed by atoms with van der Waals surface area (Å²) in [7, 11) is 1.74. The first-order chi connectivity index (χ1) is 8.68. The van der Waals surface area contributed by atoms with Crippen LogP contribution in [-0.4, -0.2) is 61.4 Å². The van der Waals surface area contributed by atoms with E-state index in [-0.39, 0.29) is 11.8 Å². The van der Waals surface area contributed by atoms with Crippen LogP contribution < -0.4 is 5.32 Å². The Hall–Kier alpha value is -1.10. The van der Waals surface area contributed by atoms with Crippen LogP contribution in [0.3, 0.4) is 0 Å². The Morgan fingerprint density at radius 1 is 1.22 bits per heavy atom. The van der Waals surface area contributed by atoms with Gasteiger partial charge in [-0.25, -0.2) is 0 Å². The highest BCUT2D eigenvalue weighted by Crippen LogP contribution is 2.26. The largest absolute Gasteiger partial charge is 0.337 e. The molecule has 0 aromatic rings. The molecule has 0 aromatic carbocycles. The van der Waals surface area contributed by atoms with Gasteiger partial charge in [0.25, 0.3) is 0 Å². The maximum atomic E-state index is 12.1. The van der Waals surface area contributed by atoms with Crippen LogP contribution >= 0.6 is 0 Å². The molecule has 2 amide bonds. The molecule has 0 aromatic heterocycles. The summed E-state index contributed by atoms with van der Waals surface area (Å²) in [6, 6.07) is 0. The molecule has 102 valence electrons. The average molecular weight is 253 g/mol. The van der Waals surface area contributed by atoms with Gasteiger partial charge in [-0.3, -0.25) is 9.59 Å². The van der Waals surface area contributed by atoms with Gasteiger partial charge >= 0.3 is 11.8 Å². The molecule has 0 atom stereocenters. The molecule has 1 saturated heterocycles. The maximum Gasteiger partial charge on any atom is 0.312 e. The fourth-order valence-corrected chi connectivity index (χ4v) is 2.49. The van der Waals surface area contributed by atoms with Gasteiger partial charge in [-0.05, 0) is 31.7 Å². The quantitative estimate of drug-likeness (QED) is 0.708. The second-order valence-corrected chi connectivity index (χ2v) is 5.38. The number of nitrogens with one attached hydrogen (secondary N) is 1. The third kappa shape index (κ3) is 3.22. The number of rotatable bonds is 2. The van der Waals surface area contributed by atoms with E-state index in [1.54, 1.807) is 16.8 Å². The number of carbonyl (C=O) groups is 2. The molecular formula is C13H23N3O2. The van der Waals surface area contributed by atoms with Gasteiger partial charge in [-0.15, -0.1) is 0 Å². The smallest absolute Gasteiger partial charge is 0.312 e. The summed E-state index contributed by atoms with van der Waals surface area (Å²) in [6.07, 6.45) is 4.57. The molecule has 0 spiro atoms. The summed E-state index contributed by atoms with van der Waals surface area (Å²) in [5.74, 6) is -0.0677. The minimum Gasteiger partial charge on any atom is -0.337 e. The predicted molar refractivity (Wildman–Crippen MR) is 69.0 cm³/mol. The molecule has 0 unspecified atom stereocenters. The van der Waals surface area contributed by atoms with Crippen molar-refractivity contribution in [3.63, 3.8) is 0 Å². The first-order valence-corrected chi connectivity index (χ1v) is 6.93. The molecule has 1 N–H and O–H groups in total. The molecule has 1 aliphatic heterocycles. The Labute approximate surface area is 108 Å². The first-order valence-electron chi connectivity index (χ1n) is 6.93. The van der Waals surface area contributed by atoms with Crippen molar-refractivity contribution in [1.29, 1.82) is 0 Å². The Bertz CT molecular complexity index is 307. The second kappa shape index (κ2) is 6.18. The van der Waals surface area contributed by atoms with Crippen LogP contribution in [0.25, 0.3) is 0 Å². The Kier molecular flexibility index (Phi) is 4.58. The van der Waals surface area contributed by atoms with Crippen molar-refractivity contribution in [1.82, 2.24) is 15.1 Å². The van der Waals surface area contributed by atoms with Crippen molar-refractivity contribution in [2.45, 2.75) is 25.7 Å². The Morgan fingerprint density at radius 2 is 2.00 bits per heavy atom. The lowest BCUT2D eigenvalue weighted by molar-refractivity contribution is -0.151. The zero-order valence-corrected chi connectivity index (χ0v) is 11.2. The number of carbonyl (C=O) groups excluding carboxylic acids is 2. The van der Waals surface area contributed by atoms with Crippen molar-refractivity contribution >= 4 is 11.8 Å². The summed E-state index contributed by atoms with van der Waals surface area (Å²) in [5, 5.41) is 3.23. The van der Waals surface area contributed by atoms with Gasteiger partial charge in [0.1, 0.15) is 0 Å². The van der Waals surface area contributed by atoms with Crippen LogP contribution in [0, 0.1) is 5.92 Å². The predicted octanol–water partition coefficient (Wildman–Crippen LogP) is 0.0668. The third-order valence-corrected chi connectivity index (χ3v) is 3.91. The zero-order chi connectivity index (χ0) is 13.0. The van der Waals surface area contributed by atoms with Gasteiger partial charge < -0.3 is 15.1 Å². The van der Waals surface area contributed by atoms with Crippen molar-refractivity contribution in [2.24, 2.45) is 5.92 Å². The lowest BCUT2D eigenvalue weighted by Crippen LogP contribution is -2.46. The van der Waals surface area contributed by atoms with E-state index >= 15 is 0 Å². The van der Waals surface area contributed by atoms with E-state index in [2.05, 4.69) is 5.32 Å². The number of likely N-dealkylation sites (N-methyl/N-ethyl adjacent to an activating group) is 1. The molecule has 1 aliphatic carbocycles. The summed E-state index contributed by atoms with van der Waals surface area (Å²) in [5.41, 5.74) is 0.